The van der Waals surface area contributed by atoms with Crippen LogP contribution in [0.2, 0.25) is 0 Å². The number of likely N-dealkylation sites (N-methyl/N-ethyl adjacent to an activating group) is 1. The standard InChI is InChI=1S/C13H27NO/c1-5-14-9-7-6-8-13(14)10-15-12(4)11(2)3/h11-13H,5-10H2,1-4H3/t12-,13+/m0/s1. The van der Waals surface area contributed by atoms with E-state index in [9.17, 15) is 0 Å². The van der Waals surface area contributed by atoms with E-state index in [2.05, 4.69) is 32.6 Å². The molecule has 15 heavy (non-hydrogen) atoms. The molecule has 0 saturated carbocycles. The lowest BCUT2D eigenvalue weighted by Crippen LogP contribution is -2.43. The second-order valence-electron chi connectivity index (χ2n) is 5.06. The van der Waals surface area contributed by atoms with E-state index in [1.807, 2.05) is 0 Å². The minimum atomic E-state index is 0.394. The van der Waals surface area contributed by atoms with Crippen molar-refractivity contribution in [1.29, 1.82) is 0 Å². The van der Waals surface area contributed by atoms with Crippen LogP contribution in [0, 0.1) is 5.92 Å². The molecule has 0 bridgehead atoms. The highest BCUT2D eigenvalue weighted by atomic mass is 16.5. The second-order valence-corrected chi connectivity index (χ2v) is 5.06. The fourth-order valence-corrected chi connectivity index (χ4v) is 2.12. The molecule has 1 aliphatic rings. The molecule has 0 N–H and O–H groups in total. The summed E-state index contributed by atoms with van der Waals surface area (Å²) in [6.07, 6.45) is 4.45. The summed E-state index contributed by atoms with van der Waals surface area (Å²) in [4.78, 5) is 2.57. The lowest BCUT2D eigenvalue weighted by atomic mass is 10.0. The van der Waals surface area contributed by atoms with Gasteiger partial charge in [-0.25, -0.2) is 0 Å². The van der Waals surface area contributed by atoms with Crippen LogP contribution in [0.25, 0.3) is 0 Å². The van der Waals surface area contributed by atoms with Crippen LogP contribution in [0.3, 0.4) is 0 Å². The Kier molecular flexibility index (Phi) is 5.62. The molecule has 0 radical (unpaired) electrons. The first-order valence-corrected chi connectivity index (χ1v) is 6.50. The van der Waals surface area contributed by atoms with Crippen LogP contribution in [0.4, 0.5) is 0 Å². The normalized spacial score (nSPS) is 25.8. The van der Waals surface area contributed by atoms with Crippen LogP contribution in [-0.4, -0.2) is 36.7 Å². The fraction of sp³-hybridized carbons (Fsp3) is 1.00. The van der Waals surface area contributed by atoms with Gasteiger partial charge < -0.3 is 4.74 Å². The van der Waals surface area contributed by atoms with Crippen LogP contribution in [0.5, 0.6) is 0 Å². The molecular formula is C13H27NO. The summed E-state index contributed by atoms with van der Waals surface area (Å²) in [6.45, 7) is 12.2. The first-order valence-electron chi connectivity index (χ1n) is 6.50. The maximum Gasteiger partial charge on any atom is 0.0625 e. The molecule has 0 aromatic rings. The van der Waals surface area contributed by atoms with Crippen molar-refractivity contribution in [2.24, 2.45) is 5.92 Å². The molecule has 90 valence electrons. The highest BCUT2D eigenvalue weighted by Gasteiger charge is 2.22. The zero-order chi connectivity index (χ0) is 11.3. The summed E-state index contributed by atoms with van der Waals surface area (Å²) in [7, 11) is 0. The maximum absolute atomic E-state index is 5.93. The molecule has 1 fully saturated rings. The summed E-state index contributed by atoms with van der Waals surface area (Å²) in [5.41, 5.74) is 0. The summed E-state index contributed by atoms with van der Waals surface area (Å²) in [5.74, 6) is 0.628. The first-order chi connectivity index (χ1) is 7.15. The number of piperidine rings is 1. The highest BCUT2D eigenvalue weighted by Crippen LogP contribution is 2.18. The van der Waals surface area contributed by atoms with Gasteiger partial charge in [0, 0.05) is 6.04 Å². The second kappa shape index (κ2) is 6.49. The van der Waals surface area contributed by atoms with Gasteiger partial charge in [-0.15, -0.1) is 0 Å². The van der Waals surface area contributed by atoms with Crippen LogP contribution < -0.4 is 0 Å². The van der Waals surface area contributed by atoms with E-state index >= 15 is 0 Å². The SMILES string of the molecule is CCN1CCCC[C@@H]1CO[C@@H](C)C(C)C. The number of ether oxygens (including phenoxy) is 1. The molecule has 0 spiro atoms. The van der Waals surface area contributed by atoms with Crippen molar-refractivity contribution in [3.8, 4) is 0 Å². The average molecular weight is 213 g/mol. The molecule has 0 aromatic carbocycles. The van der Waals surface area contributed by atoms with Crippen molar-refractivity contribution >= 4 is 0 Å². The lowest BCUT2D eigenvalue weighted by Gasteiger charge is -2.35. The molecule has 2 nitrogen and oxygen atoms in total. The number of hydrogen-bond donors (Lipinski definition) is 0. The van der Waals surface area contributed by atoms with Gasteiger partial charge in [0.15, 0.2) is 0 Å². The van der Waals surface area contributed by atoms with E-state index in [0.29, 0.717) is 18.1 Å². The molecule has 0 aliphatic carbocycles. The molecule has 0 unspecified atom stereocenters. The van der Waals surface area contributed by atoms with Gasteiger partial charge in [0.2, 0.25) is 0 Å². The Labute approximate surface area is 95.0 Å². The van der Waals surface area contributed by atoms with Crippen molar-refractivity contribution in [1.82, 2.24) is 4.90 Å². The number of likely N-dealkylation sites (tertiary alicyclic amines) is 1. The minimum Gasteiger partial charge on any atom is -0.377 e. The van der Waals surface area contributed by atoms with E-state index in [1.54, 1.807) is 0 Å². The molecule has 0 amide bonds. The Morgan fingerprint density at radius 3 is 2.60 bits per heavy atom. The van der Waals surface area contributed by atoms with Gasteiger partial charge in [0.1, 0.15) is 0 Å². The molecule has 0 aromatic heterocycles. The maximum atomic E-state index is 5.93. The minimum absolute atomic E-state index is 0.394. The zero-order valence-electron chi connectivity index (χ0n) is 10.8. The van der Waals surface area contributed by atoms with E-state index in [4.69, 9.17) is 4.74 Å². The number of hydrogen-bond acceptors (Lipinski definition) is 2. The zero-order valence-corrected chi connectivity index (χ0v) is 10.8. The Morgan fingerprint density at radius 1 is 1.27 bits per heavy atom. The van der Waals surface area contributed by atoms with Crippen LogP contribution in [-0.2, 0) is 4.74 Å². The van der Waals surface area contributed by atoms with Gasteiger partial charge in [-0.3, -0.25) is 4.90 Å². The summed E-state index contributed by atoms with van der Waals surface area (Å²) >= 11 is 0. The van der Waals surface area contributed by atoms with Gasteiger partial charge in [-0.05, 0) is 38.8 Å². The lowest BCUT2D eigenvalue weighted by molar-refractivity contribution is -0.0128. The number of nitrogens with zero attached hydrogens (tertiary/aromatic N) is 1. The van der Waals surface area contributed by atoms with Gasteiger partial charge >= 0.3 is 0 Å². The summed E-state index contributed by atoms with van der Waals surface area (Å²) in [5, 5.41) is 0. The van der Waals surface area contributed by atoms with E-state index in [1.165, 1.54) is 32.4 Å². The Morgan fingerprint density at radius 2 is 2.00 bits per heavy atom. The van der Waals surface area contributed by atoms with E-state index in [0.717, 1.165) is 6.61 Å². The van der Waals surface area contributed by atoms with Crippen LogP contribution in [0.1, 0.15) is 47.0 Å². The molecular weight excluding hydrogens is 186 g/mol. The van der Waals surface area contributed by atoms with E-state index < -0.39 is 0 Å². The van der Waals surface area contributed by atoms with Crippen molar-refractivity contribution < 1.29 is 4.74 Å². The average Bonchev–Trinajstić information content (AvgIpc) is 2.26. The molecule has 1 aliphatic heterocycles. The molecule has 1 rings (SSSR count). The monoisotopic (exact) mass is 213 g/mol. The van der Waals surface area contributed by atoms with Crippen molar-refractivity contribution in [3.63, 3.8) is 0 Å². The quantitative estimate of drug-likeness (QED) is 0.696. The Balaban J connectivity index is 2.29. The third kappa shape index (κ3) is 4.12. The molecule has 2 atom stereocenters. The predicted molar refractivity (Wildman–Crippen MR) is 65.1 cm³/mol. The fourth-order valence-electron chi connectivity index (χ4n) is 2.12. The Hall–Kier alpha value is -0.0800. The molecule has 1 saturated heterocycles. The van der Waals surface area contributed by atoms with Gasteiger partial charge in [0.05, 0.1) is 12.7 Å². The van der Waals surface area contributed by atoms with Crippen LogP contribution >= 0.6 is 0 Å². The number of rotatable bonds is 5. The largest absolute Gasteiger partial charge is 0.377 e. The van der Waals surface area contributed by atoms with Gasteiger partial charge in [-0.1, -0.05) is 27.2 Å². The van der Waals surface area contributed by atoms with Crippen LogP contribution in [0.15, 0.2) is 0 Å². The smallest absolute Gasteiger partial charge is 0.0625 e. The molecule has 1 heterocycles. The van der Waals surface area contributed by atoms with Crippen molar-refractivity contribution in [2.45, 2.75) is 59.1 Å². The van der Waals surface area contributed by atoms with Gasteiger partial charge in [0.25, 0.3) is 0 Å². The van der Waals surface area contributed by atoms with Crippen molar-refractivity contribution in [3.05, 3.63) is 0 Å². The first kappa shape index (κ1) is 13.0. The van der Waals surface area contributed by atoms with E-state index in [-0.39, 0.29) is 0 Å². The van der Waals surface area contributed by atoms with Crippen molar-refractivity contribution in [2.75, 3.05) is 19.7 Å². The summed E-state index contributed by atoms with van der Waals surface area (Å²) < 4.78 is 5.93. The third-order valence-electron chi connectivity index (χ3n) is 3.65. The topological polar surface area (TPSA) is 12.5 Å². The third-order valence-corrected chi connectivity index (χ3v) is 3.65. The summed E-state index contributed by atoms with van der Waals surface area (Å²) in [6, 6.07) is 0.671. The molecule has 2 heteroatoms. The predicted octanol–water partition coefficient (Wildman–Crippen LogP) is 2.92. The highest BCUT2D eigenvalue weighted by molar-refractivity contribution is 4.76. The van der Waals surface area contributed by atoms with Gasteiger partial charge in [-0.2, -0.15) is 0 Å². The Bertz CT molecular complexity index is 170.